The maximum atomic E-state index is 13.4. The summed E-state index contributed by atoms with van der Waals surface area (Å²) in [5.41, 5.74) is 2.15. The molecule has 1 N–H and O–H groups in total. The molecule has 6 heteroatoms. The van der Waals surface area contributed by atoms with Gasteiger partial charge in [0.25, 0.3) is 0 Å². The van der Waals surface area contributed by atoms with Crippen LogP contribution >= 0.6 is 0 Å². The van der Waals surface area contributed by atoms with E-state index in [-0.39, 0.29) is 17.5 Å². The second-order valence-electron chi connectivity index (χ2n) is 7.02. The number of Topliss-reactive ketones (excluding diaryl/α,β-unsaturated/α-hetero) is 1. The highest BCUT2D eigenvalue weighted by Crippen LogP contribution is 2.24. The maximum Gasteiger partial charge on any atom is 0.167 e. The van der Waals surface area contributed by atoms with Gasteiger partial charge in [-0.25, -0.2) is 9.37 Å². The molecular weight excluding hydrogens is 345 g/mol. The Labute approximate surface area is 157 Å². The Morgan fingerprint density at radius 3 is 3.07 bits per heavy atom. The molecule has 1 aliphatic rings. The van der Waals surface area contributed by atoms with Gasteiger partial charge in [-0.2, -0.15) is 0 Å². The van der Waals surface area contributed by atoms with Gasteiger partial charge in [0.05, 0.1) is 24.7 Å². The monoisotopic (exact) mass is 367 g/mol. The average molecular weight is 367 g/mol. The second kappa shape index (κ2) is 7.48. The number of halogens is 1. The SMILES string of the molecule is COc1cccc(C(=O)[C@@H]2CCCN(Cc3nc4ccc(F)cc4[nH]3)C2)c1. The summed E-state index contributed by atoms with van der Waals surface area (Å²) in [5, 5.41) is 0. The van der Waals surface area contributed by atoms with Crippen LogP contribution in [0.15, 0.2) is 42.5 Å². The summed E-state index contributed by atoms with van der Waals surface area (Å²) in [6.07, 6.45) is 1.85. The minimum atomic E-state index is -0.278. The van der Waals surface area contributed by atoms with Crippen molar-refractivity contribution < 1.29 is 13.9 Å². The van der Waals surface area contributed by atoms with Gasteiger partial charge in [0.15, 0.2) is 5.78 Å². The van der Waals surface area contributed by atoms with Gasteiger partial charge in [0.1, 0.15) is 17.4 Å². The van der Waals surface area contributed by atoms with Crippen LogP contribution in [0.25, 0.3) is 11.0 Å². The molecule has 0 unspecified atom stereocenters. The van der Waals surface area contributed by atoms with Crippen molar-refractivity contribution in [2.24, 2.45) is 5.92 Å². The number of imidazole rings is 1. The van der Waals surface area contributed by atoms with Crippen molar-refractivity contribution in [3.8, 4) is 5.75 Å². The zero-order chi connectivity index (χ0) is 18.8. The summed E-state index contributed by atoms with van der Waals surface area (Å²) in [4.78, 5) is 22.8. The van der Waals surface area contributed by atoms with Crippen molar-refractivity contribution in [2.45, 2.75) is 19.4 Å². The molecule has 0 saturated carbocycles. The van der Waals surface area contributed by atoms with Crippen LogP contribution < -0.4 is 4.74 Å². The van der Waals surface area contributed by atoms with Crippen LogP contribution in [0.5, 0.6) is 5.75 Å². The Balaban J connectivity index is 1.46. The predicted molar refractivity (Wildman–Crippen MR) is 101 cm³/mol. The number of nitrogens with zero attached hydrogens (tertiary/aromatic N) is 2. The molecular formula is C21H22FN3O2. The Morgan fingerprint density at radius 2 is 2.22 bits per heavy atom. The first-order valence-corrected chi connectivity index (χ1v) is 9.17. The highest BCUT2D eigenvalue weighted by atomic mass is 19.1. The number of methoxy groups -OCH3 is 1. The number of likely N-dealkylation sites (tertiary alicyclic amines) is 1. The van der Waals surface area contributed by atoms with Gasteiger partial charge in [-0.3, -0.25) is 9.69 Å². The lowest BCUT2D eigenvalue weighted by Gasteiger charge is -2.31. The third-order valence-corrected chi connectivity index (χ3v) is 5.10. The van der Waals surface area contributed by atoms with Crippen molar-refractivity contribution in [1.29, 1.82) is 0 Å². The van der Waals surface area contributed by atoms with Crippen LogP contribution in [0.3, 0.4) is 0 Å². The van der Waals surface area contributed by atoms with Gasteiger partial charge in [-0.05, 0) is 49.7 Å². The standard InChI is InChI=1S/C21H22FN3O2/c1-27-17-6-2-4-14(10-17)21(26)15-5-3-9-25(12-15)13-20-23-18-8-7-16(22)11-19(18)24-20/h2,4,6-8,10-11,15H,3,5,9,12-13H2,1H3,(H,23,24)/t15-/m1/s1. The van der Waals surface area contributed by atoms with E-state index in [1.54, 1.807) is 19.2 Å². The van der Waals surface area contributed by atoms with Crippen molar-refractivity contribution >= 4 is 16.8 Å². The largest absolute Gasteiger partial charge is 0.497 e. The predicted octanol–water partition coefficient (Wildman–Crippen LogP) is 3.81. The van der Waals surface area contributed by atoms with Crippen molar-refractivity contribution in [3.63, 3.8) is 0 Å². The smallest absolute Gasteiger partial charge is 0.167 e. The lowest BCUT2D eigenvalue weighted by Crippen LogP contribution is -2.38. The number of ketones is 1. The van der Waals surface area contributed by atoms with Crippen LogP contribution in [0, 0.1) is 11.7 Å². The minimum Gasteiger partial charge on any atom is -0.497 e. The van der Waals surface area contributed by atoms with E-state index < -0.39 is 0 Å². The van der Waals surface area contributed by atoms with E-state index in [4.69, 9.17) is 4.74 Å². The first kappa shape index (κ1) is 17.7. The number of nitrogens with one attached hydrogen (secondary N) is 1. The molecule has 140 valence electrons. The molecule has 1 aromatic heterocycles. The number of benzene rings is 2. The van der Waals surface area contributed by atoms with Gasteiger partial charge < -0.3 is 9.72 Å². The average Bonchev–Trinajstić information content (AvgIpc) is 3.09. The molecule has 0 amide bonds. The molecule has 1 aliphatic heterocycles. The molecule has 0 aliphatic carbocycles. The van der Waals surface area contributed by atoms with E-state index in [1.165, 1.54) is 12.1 Å². The van der Waals surface area contributed by atoms with Gasteiger partial charge in [0, 0.05) is 18.0 Å². The lowest BCUT2D eigenvalue weighted by molar-refractivity contribution is 0.0808. The molecule has 0 spiro atoms. The van der Waals surface area contributed by atoms with Gasteiger partial charge in [0.2, 0.25) is 0 Å². The summed E-state index contributed by atoms with van der Waals surface area (Å²) in [7, 11) is 1.60. The number of H-pyrrole nitrogens is 1. The summed E-state index contributed by atoms with van der Waals surface area (Å²) in [5.74, 6) is 1.34. The van der Waals surface area contributed by atoms with Crippen LogP contribution in [-0.4, -0.2) is 40.9 Å². The van der Waals surface area contributed by atoms with E-state index in [1.807, 2.05) is 18.2 Å². The first-order chi connectivity index (χ1) is 13.1. The highest BCUT2D eigenvalue weighted by Gasteiger charge is 2.27. The molecule has 27 heavy (non-hydrogen) atoms. The van der Waals surface area contributed by atoms with E-state index in [0.29, 0.717) is 29.9 Å². The van der Waals surface area contributed by atoms with Crippen molar-refractivity contribution in [1.82, 2.24) is 14.9 Å². The van der Waals surface area contributed by atoms with E-state index in [9.17, 15) is 9.18 Å². The molecule has 0 radical (unpaired) electrons. The molecule has 5 nitrogen and oxygen atoms in total. The van der Waals surface area contributed by atoms with Crippen LogP contribution in [-0.2, 0) is 6.54 Å². The normalized spacial score (nSPS) is 17.9. The van der Waals surface area contributed by atoms with Gasteiger partial charge in [-0.15, -0.1) is 0 Å². The van der Waals surface area contributed by atoms with Gasteiger partial charge in [-0.1, -0.05) is 12.1 Å². The second-order valence-corrected chi connectivity index (χ2v) is 7.02. The number of piperidine rings is 1. The fraction of sp³-hybridized carbons (Fsp3) is 0.333. The molecule has 1 atom stereocenters. The molecule has 3 aromatic rings. The minimum absolute atomic E-state index is 0.0346. The zero-order valence-electron chi connectivity index (χ0n) is 15.2. The molecule has 1 fully saturated rings. The number of carbonyl (C=O) groups excluding carboxylic acids is 1. The Kier molecular flexibility index (Phi) is 4.90. The number of aromatic amines is 1. The molecule has 4 rings (SSSR count). The number of ether oxygens (including phenoxy) is 1. The lowest BCUT2D eigenvalue weighted by atomic mass is 9.90. The van der Waals surface area contributed by atoms with Crippen LogP contribution in [0.4, 0.5) is 4.39 Å². The third-order valence-electron chi connectivity index (χ3n) is 5.10. The van der Waals surface area contributed by atoms with E-state index in [2.05, 4.69) is 14.9 Å². The third kappa shape index (κ3) is 3.85. The summed E-state index contributed by atoms with van der Waals surface area (Å²) in [6, 6.07) is 11.9. The number of carbonyl (C=O) groups is 1. The summed E-state index contributed by atoms with van der Waals surface area (Å²) in [6.45, 7) is 2.24. The molecule has 0 bridgehead atoms. The Morgan fingerprint density at radius 1 is 1.33 bits per heavy atom. The van der Waals surface area contributed by atoms with Crippen molar-refractivity contribution in [2.75, 3.05) is 20.2 Å². The Bertz CT molecular complexity index is 969. The summed E-state index contributed by atoms with van der Waals surface area (Å²) >= 11 is 0. The highest BCUT2D eigenvalue weighted by molar-refractivity contribution is 5.98. The first-order valence-electron chi connectivity index (χ1n) is 9.17. The van der Waals surface area contributed by atoms with Crippen LogP contribution in [0.1, 0.15) is 29.0 Å². The van der Waals surface area contributed by atoms with Gasteiger partial charge >= 0.3 is 0 Å². The fourth-order valence-electron chi connectivity index (χ4n) is 3.75. The van der Waals surface area contributed by atoms with Crippen molar-refractivity contribution in [3.05, 3.63) is 59.7 Å². The molecule has 1 saturated heterocycles. The Hall–Kier alpha value is -2.73. The number of aromatic nitrogens is 2. The number of hydrogen-bond acceptors (Lipinski definition) is 4. The summed E-state index contributed by atoms with van der Waals surface area (Å²) < 4.78 is 18.6. The van der Waals surface area contributed by atoms with E-state index in [0.717, 1.165) is 30.7 Å². The fourth-order valence-corrected chi connectivity index (χ4v) is 3.75. The zero-order valence-corrected chi connectivity index (χ0v) is 15.2. The maximum absolute atomic E-state index is 13.4. The van der Waals surface area contributed by atoms with E-state index >= 15 is 0 Å². The topological polar surface area (TPSA) is 58.2 Å². The van der Waals surface area contributed by atoms with Crippen LogP contribution in [0.2, 0.25) is 0 Å². The quantitative estimate of drug-likeness (QED) is 0.697. The number of fused-ring (bicyclic) bond motifs is 1. The number of hydrogen-bond donors (Lipinski definition) is 1. The molecule has 2 heterocycles. The molecule has 2 aromatic carbocycles. The number of rotatable bonds is 5.